The molecule has 0 aromatic heterocycles. The summed E-state index contributed by atoms with van der Waals surface area (Å²) in [5, 5.41) is 2.69. The van der Waals surface area contributed by atoms with Gasteiger partial charge in [-0.3, -0.25) is 10.2 Å². The SMILES string of the molecule is CCOc1ccc(CCNC(=O)NNC(=O)c2ccc3c(c2)OCO3)cc1OCC. The fourth-order valence-corrected chi connectivity index (χ4v) is 2.84. The van der Waals surface area contributed by atoms with Crippen LogP contribution in [0.15, 0.2) is 36.4 Å². The molecule has 0 fully saturated rings. The quantitative estimate of drug-likeness (QED) is 0.572. The van der Waals surface area contributed by atoms with Crippen LogP contribution >= 0.6 is 0 Å². The van der Waals surface area contributed by atoms with Crippen molar-refractivity contribution in [3.63, 3.8) is 0 Å². The molecule has 0 saturated heterocycles. The summed E-state index contributed by atoms with van der Waals surface area (Å²) in [7, 11) is 0. The van der Waals surface area contributed by atoms with Gasteiger partial charge in [-0.1, -0.05) is 6.07 Å². The number of ether oxygens (including phenoxy) is 4. The average molecular weight is 415 g/mol. The normalized spacial score (nSPS) is 11.5. The largest absolute Gasteiger partial charge is 0.490 e. The van der Waals surface area contributed by atoms with Crippen molar-refractivity contribution >= 4 is 11.9 Å². The fraction of sp³-hybridized carbons (Fsp3) is 0.333. The van der Waals surface area contributed by atoms with E-state index in [2.05, 4.69) is 16.2 Å². The monoisotopic (exact) mass is 415 g/mol. The first-order valence-electron chi connectivity index (χ1n) is 9.73. The number of carbonyl (C=O) groups is 2. The third-order valence-corrected chi connectivity index (χ3v) is 4.23. The molecule has 0 radical (unpaired) electrons. The van der Waals surface area contributed by atoms with Crippen molar-refractivity contribution in [2.75, 3.05) is 26.6 Å². The summed E-state index contributed by atoms with van der Waals surface area (Å²) in [6, 6.07) is 9.95. The number of nitrogens with one attached hydrogen (secondary N) is 3. The third kappa shape index (κ3) is 5.47. The smallest absolute Gasteiger partial charge is 0.333 e. The Labute approximate surface area is 174 Å². The van der Waals surface area contributed by atoms with Crippen LogP contribution in [0.1, 0.15) is 29.8 Å². The first kappa shape index (κ1) is 21.1. The Morgan fingerprint density at radius 2 is 1.70 bits per heavy atom. The molecular weight excluding hydrogens is 390 g/mol. The molecule has 9 nitrogen and oxygen atoms in total. The standard InChI is InChI=1S/C21H25N3O6/c1-3-27-16-7-5-14(11-18(16)28-4-2)9-10-22-21(26)24-23-20(25)15-6-8-17-19(12-15)30-13-29-17/h5-8,11-12H,3-4,9-10,13H2,1-2H3,(H,23,25)(H2,22,24,26). The second-order valence-corrected chi connectivity index (χ2v) is 6.30. The zero-order valence-electron chi connectivity index (χ0n) is 16.9. The highest BCUT2D eigenvalue weighted by atomic mass is 16.7. The molecule has 1 aliphatic heterocycles. The van der Waals surface area contributed by atoms with Crippen LogP contribution in [0, 0.1) is 0 Å². The number of fused-ring (bicyclic) bond motifs is 1. The molecule has 2 aromatic rings. The van der Waals surface area contributed by atoms with E-state index in [4.69, 9.17) is 18.9 Å². The molecule has 0 atom stereocenters. The zero-order chi connectivity index (χ0) is 21.3. The number of rotatable bonds is 8. The lowest BCUT2D eigenvalue weighted by atomic mass is 10.1. The molecule has 3 rings (SSSR count). The lowest BCUT2D eigenvalue weighted by Crippen LogP contribution is -2.47. The van der Waals surface area contributed by atoms with E-state index in [-0.39, 0.29) is 6.79 Å². The van der Waals surface area contributed by atoms with Crippen LogP contribution < -0.4 is 35.1 Å². The van der Waals surface area contributed by atoms with Crippen LogP contribution in [0.4, 0.5) is 4.79 Å². The van der Waals surface area contributed by atoms with Crippen molar-refractivity contribution in [3.05, 3.63) is 47.5 Å². The third-order valence-electron chi connectivity index (χ3n) is 4.23. The summed E-state index contributed by atoms with van der Waals surface area (Å²) in [4.78, 5) is 24.1. The molecule has 0 bridgehead atoms. The molecule has 3 amide bonds. The van der Waals surface area contributed by atoms with Crippen molar-refractivity contribution in [2.24, 2.45) is 0 Å². The molecular formula is C21H25N3O6. The lowest BCUT2D eigenvalue weighted by Gasteiger charge is -2.13. The van der Waals surface area contributed by atoms with Crippen molar-refractivity contribution < 1.29 is 28.5 Å². The minimum atomic E-state index is -0.514. The van der Waals surface area contributed by atoms with Crippen LogP contribution in [0.3, 0.4) is 0 Å². The molecule has 0 aliphatic carbocycles. The van der Waals surface area contributed by atoms with E-state index in [1.807, 2.05) is 32.0 Å². The molecule has 1 aliphatic rings. The second kappa shape index (κ2) is 10.2. The summed E-state index contributed by atoms with van der Waals surface area (Å²) >= 11 is 0. The van der Waals surface area contributed by atoms with Crippen LogP contribution in [0.5, 0.6) is 23.0 Å². The van der Waals surface area contributed by atoms with Crippen LogP contribution in [0.25, 0.3) is 0 Å². The van der Waals surface area contributed by atoms with Gasteiger partial charge in [-0.05, 0) is 56.2 Å². The summed E-state index contributed by atoms with van der Waals surface area (Å²) in [5.41, 5.74) is 6.02. The van der Waals surface area contributed by atoms with Gasteiger partial charge in [0.2, 0.25) is 6.79 Å². The molecule has 0 saturated carbocycles. The predicted molar refractivity (Wildman–Crippen MR) is 109 cm³/mol. The maximum atomic E-state index is 12.2. The minimum absolute atomic E-state index is 0.126. The highest BCUT2D eigenvalue weighted by molar-refractivity contribution is 5.95. The Morgan fingerprint density at radius 1 is 0.933 bits per heavy atom. The Bertz CT molecular complexity index is 902. The lowest BCUT2D eigenvalue weighted by molar-refractivity contribution is 0.0936. The van der Waals surface area contributed by atoms with Crippen LogP contribution in [-0.4, -0.2) is 38.5 Å². The molecule has 9 heteroatoms. The van der Waals surface area contributed by atoms with Gasteiger partial charge >= 0.3 is 6.03 Å². The highest BCUT2D eigenvalue weighted by Crippen LogP contribution is 2.32. The second-order valence-electron chi connectivity index (χ2n) is 6.30. The van der Waals surface area contributed by atoms with Crippen molar-refractivity contribution in [2.45, 2.75) is 20.3 Å². The number of benzene rings is 2. The van der Waals surface area contributed by atoms with E-state index in [0.717, 1.165) is 5.56 Å². The van der Waals surface area contributed by atoms with Gasteiger partial charge in [-0.15, -0.1) is 0 Å². The van der Waals surface area contributed by atoms with E-state index in [1.165, 1.54) is 0 Å². The predicted octanol–water partition coefficient (Wildman–Crippen LogP) is 2.40. The van der Waals surface area contributed by atoms with Gasteiger partial charge < -0.3 is 24.3 Å². The van der Waals surface area contributed by atoms with E-state index in [0.29, 0.717) is 54.7 Å². The fourth-order valence-electron chi connectivity index (χ4n) is 2.84. The maximum absolute atomic E-state index is 12.2. The van der Waals surface area contributed by atoms with Gasteiger partial charge in [0.15, 0.2) is 23.0 Å². The van der Waals surface area contributed by atoms with Crippen molar-refractivity contribution in [1.82, 2.24) is 16.2 Å². The summed E-state index contributed by atoms with van der Waals surface area (Å²) < 4.78 is 21.6. The molecule has 2 aromatic carbocycles. The summed E-state index contributed by atoms with van der Waals surface area (Å²) in [5.74, 6) is 1.99. The van der Waals surface area contributed by atoms with Crippen LogP contribution in [0.2, 0.25) is 0 Å². The van der Waals surface area contributed by atoms with Crippen molar-refractivity contribution in [3.8, 4) is 23.0 Å². The average Bonchev–Trinajstić information content (AvgIpc) is 3.22. The van der Waals surface area contributed by atoms with Crippen molar-refractivity contribution in [1.29, 1.82) is 0 Å². The van der Waals surface area contributed by atoms with Gasteiger partial charge in [-0.25, -0.2) is 10.2 Å². The van der Waals surface area contributed by atoms with E-state index < -0.39 is 11.9 Å². The number of hydrogen-bond donors (Lipinski definition) is 3. The maximum Gasteiger partial charge on any atom is 0.333 e. The highest BCUT2D eigenvalue weighted by Gasteiger charge is 2.16. The number of hydrazine groups is 1. The first-order valence-corrected chi connectivity index (χ1v) is 9.73. The molecule has 30 heavy (non-hydrogen) atoms. The molecule has 3 N–H and O–H groups in total. The van der Waals surface area contributed by atoms with E-state index in [1.54, 1.807) is 18.2 Å². The number of urea groups is 1. The number of carbonyl (C=O) groups excluding carboxylic acids is 2. The van der Waals surface area contributed by atoms with Gasteiger partial charge in [0.1, 0.15) is 0 Å². The summed E-state index contributed by atoms with van der Waals surface area (Å²) in [6.07, 6.45) is 0.593. The van der Waals surface area contributed by atoms with Crippen LogP contribution in [-0.2, 0) is 6.42 Å². The Balaban J connectivity index is 1.43. The minimum Gasteiger partial charge on any atom is -0.490 e. The molecule has 0 unspecified atom stereocenters. The van der Waals surface area contributed by atoms with Gasteiger partial charge in [-0.2, -0.15) is 0 Å². The van der Waals surface area contributed by atoms with Gasteiger partial charge in [0, 0.05) is 12.1 Å². The number of hydrogen-bond acceptors (Lipinski definition) is 6. The van der Waals surface area contributed by atoms with E-state index in [9.17, 15) is 9.59 Å². The Kier molecular flexibility index (Phi) is 7.20. The Morgan fingerprint density at radius 3 is 2.50 bits per heavy atom. The van der Waals surface area contributed by atoms with Gasteiger partial charge in [0.05, 0.1) is 13.2 Å². The summed E-state index contributed by atoms with van der Waals surface area (Å²) in [6.45, 7) is 5.42. The Hall–Kier alpha value is -3.62. The zero-order valence-corrected chi connectivity index (χ0v) is 16.9. The first-order chi connectivity index (χ1) is 14.6. The molecule has 160 valence electrons. The van der Waals surface area contributed by atoms with E-state index >= 15 is 0 Å². The topological polar surface area (TPSA) is 107 Å². The molecule has 0 spiro atoms. The van der Waals surface area contributed by atoms with Gasteiger partial charge in [0.25, 0.3) is 5.91 Å². The number of amides is 3. The molecule has 1 heterocycles.